The summed E-state index contributed by atoms with van der Waals surface area (Å²) < 4.78 is 4.75. The molecule has 5 heteroatoms. The van der Waals surface area contributed by atoms with E-state index in [1.165, 1.54) is 7.11 Å². The Labute approximate surface area is 118 Å². The van der Waals surface area contributed by atoms with Crippen LogP contribution in [0.1, 0.15) is 31.9 Å². The SMILES string of the molecule is COC(=O)C1CC(=O)N(C(c2ccncc2)C(C)C)C1. The summed E-state index contributed by atoms with van der Waals surface area (Å²) in [5, 5.41) is 0. The zero-order valence-electron chi connectivity index (χ0n) is 12.1. The molecule has 1 amide bonds. The summed E-state index contributed by atoms with van der Waals surface area (Å²) in [7, 11) is 1.36. The number of carbonyl (C=O) groups excluding carboxylic acids is 2. The highest BCUT2D eigenvalue weighted by Crippen LogP contribution is 2.34. The van der Waals surface area contributed by atoms with Crippen LogP contribution in [0.3, 0.4) is 0 Å². The van der Waals surface area contributed by atoms with E-state index in [0.29, 0.717) is 6.54 Å². The molecule has 0 aliphatic carbocycles. The summed E-state index contributed by atoms with van der Waals surface area (Å²) in [4.78, 5) is 29.7. The number of aromatic nitrogens is 1. The van der Waals surface area contributed by atoms with E-state index in [1.807, 2.05) is 12.1 Å². The standard InChI is InChI=1S/C15H20N2O3/c1-10(2)14(11-4-6-16-7-5-11)17-9-12(8-13(17)18)15(19)20-3/h4-7,10,12,14H,8-9H2,1-3H3. The van der Waals surface area contributed by atoms with E-state index in [0.717, 1.165) is 5.56 Å². The fraction of sp³-hybridized carbons (Fsp3) is 0.533. The Morgan fingerprint density at radius 2 is 2.05 bits per heavy atom. The molecule has 1 aliphatic rings. The first kappa shape index (κ1) is 14.5. The number of nitrogens with zero attached hydrogens (tertiary/aromatic N) is 2. The van der Waals surface area contributed by atoms with Gasteiger partial charge in [0.25, 0.3) is 0 Å². The highest BCUT2D eigenvalue weighted by molar-refractivity contribution is 5.87. The summed E-state index contributed by atoms with van der Waals surface area (Å²) in [5.41, 5.74) is 1.05. The van der Waals surface area contributed by atoms with Gasteiger partial charge in [0.2, 0.25) is 5.91 Å². The molecular weight excluding hydrogens is 256 g/mol. The van der Waals surface area contributed by atoms with Gasteiger partial charge in [-0.3, -0.25) is 14.6 Å². The van der Waals surface area contributed by atoms with Gasteiger partial charge in [0.15, 0.2) is 0 Å². The van der Waals surface area contributed by atoms with E-state index in [2.05, 4.69) is 18.8 Å². The molecule has 2 unspecified atom stereocenters. The molecule has 0 aromatic carbocycles. The number of hydrogen-bond donors (Lipinski definition) is 0. The molecular formula is C15H20N2O3. The third-order valence-electron chi connectivity index (χ3n) is 3.71. The Bertz CT molecular complexity index is 487. The minimum absolute atomic E-state index is 0.0101. The lowest BCUT2D eigenvalue weighted by Gasteiger charge is -2.31. The number of pyridine rings is 1. The molecule has 2 rings (SSSR count). The largest absolute Gasteiger partial charge is 0.469 e. The number of amides is 1. The van der Waals surface area contributed by atoms with Crippen LogP contribution >= 0.6 is 0 Å². The molecule has 0 spiro atoms. The molecule has 0 N–H and O–H groups in total. The molecule has 5 nitrogen and oxygen atoms in total. The summed E-state index contributed by atoms with van der Waals surface area (Å²) in [5.74, 6) is -0.387. The first-order valence-electron chi connectivity index (χ1n) is 6.81. The minimum atomic E-state index is -0.351. The van der Waals surface area contributed by atoms with Crippen LogP contribution in [0.15, 0.2) is 24.5 Å². The second kappa shape index (κ2) is 6.03. The van der Waals surface area contributed by atoms with Crippen molar-refractivity contribution in [1.29, 1.82) is 0 Å². The summed E-state index contributed by atoms with van der Waals surface area (Å²) in [6.07, 6.45) is 3.69. The van der Waals surface area contributed by atoms with Gasteiger partial charge in [0, 0.05) is 25.4 Å². The summed E-state index contributed by atoms with van der Waals surface area (Å²) in [6, 6.07) is 3.81. The van der Waals surface area contributed by atoms with Gasteiger partial charge in [0.05, 0.1) is 19.1 Å². The lowest BCUT2D eigenvalue weighted by atomic mass is 9.95. The number of likely N-dealkylation sites (tertiary alicyclic amines) is 1. The molecule has 20 heavy (non-hydrogen) atoms. The monoisotopic (exact) mass is 276 g/mol. The zero-order chi connectivity index (χ0) is 14.7. The Balaban J connectivity index is 2.23. The van der Waals surface area contributed by atoms with Crippen LogP contribution in [0.4, 0.5) is 0 Å². The average molecular weight is 276 g/mol. The zero-order valence-corrected chi connectivity index (χ0v) is 12.1. The molecule has 2 heterocycles. The number of ether oxygens (including phenoxy) is 1. The second-order valence-corrected chi connectivity index (χ2v) is 5.44. The van der Waals surface area contributed by atoms with Crippen LogP contribution < -0.4 is 0 Å². The maximum Gasteiger partial charge on any atom is 0.310 e. The predicted molar refractivity (Wildman–Crippen MR) is 73.7 cm³/mol. The Hall–Kier alpha value is -1.91. The van der Waals surface area contributed by atoms with Crippen LogP contribution in [0.25, 0.3) is 0 Å². The topological polar surface area (TPSA) is 59.5 Å². The molecule has 108 valence electrons. The normalized spacial score (nSPS) is 20.3. The van der Waals surface area contributed by atoms with E-state index in [4.69, 9.17) is 4.74 Å². The molecule has 1 aliphatic heterocycles. The van der Waals surface area contributed by atoms with Gasteiger partial charge in [-0.2, -0.15) is 0 Å². The molecule has 1 saturated heterocycles. The quantitative estimate of drug-likeness (QED) is 0.787. The van der Waals surface area contributed by atoms with E-state index in [9.17, 15) is 9.59 Å². The van der Waals surface area contributed by atoms with E-state index < -0.39 is 0 Å². The van der Waals surface area contributed by atoms with Crippen molar-refractivity contribution in [3.63, 3.8) is 0 Å². The lowest BCUT2D eigenvalue weighted by Crippen LogP contribution is -2.34. The first-order chi connectivity index (χ1) is 9.54. The fourth-order valence-corrected chi connectivity index (χ4v) is 2.81. The molecule has 0 radical (unpaired) electrons. The molecule has 1 aromatic rings. The van der Waals surface area contributed by atoms with Gasteiger partial charge in [-0.05, 0) is 23.6 Å². The maximum absolute atomic E-state index is 12.2. The number of rotatable bonds is 4. The Morgan fingerprint density at radius 3 is 2.60 bits per heavy atom. The van der Waals surface area contributed by atoms with Crippen molar-refractivity contribution < 1.29 is 14.3 Å². The van der Waals surface area contributed by atoms with Gasteiger partial charge in [-0.1, -0.05) is 13.8 Å². The number of hydrogen-bond acceptors (Lipinski definition) is 4. The van der Waals surface area contributed by atoms with Crippen molar-refractivity contribution in [3.8, 4) is 0 Å². The third kappa shape index (κ3) is 2.81. The molecule has 0 bridgehead atoms. The van der Waals surface area contributed by atoms with Crippen molar-refractivity contribution >= 4 is 11.9 Å². The average Bonchev–Trinajstić information content (AvgIpc) is 2.81. The van der Waals surface area contributed by atoms with Gasteiger partial charge in [-0.15, -0.1) is 0 Å². The summed E-state index contributed by atoms with van der Waals surface area (Å²) >= 11 is 0. The van der Waals surface area contributed by atoms with Crippen LogP contribution in [0.2, 0.25) is 0 Å². The maximum atomic E-state index is 12.2. The fourth-order valence-electron chi connectivity index (χ4n) is 2.81. The third-order valence-corrected chi connectivity index (χ3v) is 3.71. The first-order valence-corrected chi connectivity index (χ1v) is 6.81. The van der Waals surface area contributed by atoms with Gasteiger partial charge < -0.3 is 9.64 Å². The van der Waals surface area contributed by atoms with Crippen molar-refractivity contribution in [1.82, 2.24) is 9.88 Å². The molecule has 1 aromatic heterocycles. The lowest BCUT2D eigenvalue weighted by molar-refractivity contribution is -0.145. The number of methoxy groups -OCH3 is 1. The van der Waals surface area contributed by atoms with Crippen molar-refractivity contribution in [2.45, 2.75) is 26.3 Å². The number of carbonyl (C=O) groups is 2. The molecule has 2 atom stereocenters. The van der Waals surface area contributed by atoms with E-state index in [-0.39, 0.29) is 36.2 Å². The van der Waals surface area contributed by atoms with Gasteiger partial charge in [-0.25, -0.2) is 0 Å². The van der Waals surface area contributed by atoms with Crippen molar-refractivity contribution in [2.24, 2.45) is 11.8 Å². The molecule has 1 fully saturated rings. The van der Waals surface area contributed by atoms with Crippen LogP contribution in [0, 0.1) is 11.8 Å². The van der Waals surface area contributed by atoms with Gasteiger partial charge in [0.1, 0.15) is 0 Å². The van der Waals surface area contributed by atoms with Crippen LogP contribution in [-0.4, -0.2) is 35.4 Å². The van der Waals surface area contributed by atoms with Crippen molar-refractivity contribution in [3.05, 3.63) is 30.1 Å². The van der Waals surface area contributed by atoms with E-state index >= 15 is 0 Å². The smallest absolute Gasteiger partial charge is 0.310 e. The highest BCUT2D eigenvalue weighted by atomic mass is 16.5. The van der Waals surface area contributed by atoms with Crippen LogP contribution in [0.5, 0.6) is 0 Å². The van der Waals surface area contributed by atoms with Crippen LogP contribution in [-0.2, 0) is 14.3 Å². The van der Waals surface area contributed by atoms with E-state index in [1.54, 1.807) is 17.3 Å². The second-order valence-electron chi connectivity index (χ2n) is 5.44. The van der Waals surface area contributed by atoms with Crippen molar-refractivity contribution in [2.75, 3.05) is 13.7 Å². The summed E-state index contributed by atoms with van der Waals surface area (Å²) in [6.45, 7) is 4.57. The highest BCUT2D eigenvalue weighted by Gasteiger charge is 2.39. The Morgan fingerprint density at radius 1 is 1.40 bits per heavy atom. The minimum Gasteiger partial charge on any atom is -0.469 e. The predicted octanol–water partition coefficient (Wildman–Crippen LogP) is 1.80. The molecule has 0 saturated carbocycles. The number of esters is 1. The van der Waals surface area contributed by atoms with Gasteiger partial charge >= 0.3 is 5.97 Å². The Kier molecular flexibility index (Phi) is 4.37.